The Bertz CT molecular complexity index is 320. The Kier molecular flexibility index (Phi) is 3.87. The lowest BCUT2D eigenvalue weighted by molar-refractivity contribution is 0.0776. The Morgan fingerprint density at radius 3 is 2.00 bits per heavy atom. The molecule has 2 saturated heterocycles. The summed E-state index contributed by atoms with van der Waals surface area (Å²) in [6, 6.07) is -0.150. The van der Waals surface area contributed by atoms with Gasteiger partial charge in [0.05, 0.1) is 23.7 Å². The summed E-state index contributed by atoms with van der Waals surface area (Å²) >= 11 is 0. The summed E-state index contributed by atoms with van der Waals surface area (Å²) in [7, 11) is -3.01. The van der Waals surface area contributed by atoms with Crippen molar-refractivity contribution in [1.29, 1.82) is 0 Å². The number of hydrogen-bond acceptors (Lipinski definition) is 4. The molecule has 0 aromatic carbocycles. The summed E-state index contributed by atoms with van der Waals surface area (Å²) < 4.78 is 22.9. The van der Waals surface area contributed by atoms with Gasteiger partial charge < -0.3 is 5.11 Å². The zero-order valence-corrected chi connectivity index (χ0v) is 10.5. The van der Waals surface area contributed by atoms with Crippen LogP contribution in [0.5, 0.6) is 0 Å². The van der Waals surface area contributed by atoms with E-state index in [1.54, 1.807) is 0 Å². The summed E-state index contributed by atoms with van der Waals surface area (Å²) in [5.41, 5.74) is 0. The van der Waals surface area contributed by atoms with E-state index in [4.69, 9.17) is 0 Å². The zero-order valence-electron chi connectivity index (χ0n) is 9.64. The quantitative estimate of drug-likeness (QED) is 0.729. The third kappa shape index (κ3) is 2.96. The first-order valence-corrected chi connectivity index (χ1v) is 8.03. The molecule has 2 fully saturated rings. The van der Waals surface area contributed by atoms with Crippen LogP contribution in [0.1, 0.15) is 32.1 Å². The molecule has 2 rings (SSSR count). The Morgan fingerprint density at radius 1 is 0.938 bits per heavy atom. The smallest absolute Gasteiger partial charge is 0.154 e. The highest BCUT2D eigenvalue weighted by molar-refractivity contribution is 7.91. The number of aliphatic hydroxyl groups excluding tert-OH is 1. The molecule has 5 heteroatoms. The van der Waals surface area contributed by atoms with Crippen molar-refractivity contribution in [2.24, 2.45) is 0 Å². The Labute approximate surface area is 97.6 Å². The molecule has 0 spiro atoms. The highest BCUT2D eigenvalue weighted by Gasteiger charge is 2.39. The van der Waals surface area contributed by atoms with Crippen LogP contribution in [-0.4, -0.2) is 55.2 Å². The zero-order chi connectivity index (χ0) is 11.6. The normalized spacial score (nSPS) is 36.8. The molecule has 16 heavy (non-hydrogen) atoms. The van der Waals surface area contributed by atoms with Crippen LogP contribution in [0.2, 0.25) is 0 Å². The van der Waals surface area contributed by atoms with Crippen LogP contribution in [0.3, 0.4) is 0 Å². The highest BCUT2D eigenvalue weighted by atomic mass is 32.2. The van der Waals surface area contributed by atoms with E-state index < -0.39 is 15.9 Å². The fourth-order valence-corrected chi connectivity index (χ4v) is 4.59. The topological polar surface area (TPSA) is 57.6 Å². The second-order valence-electron chi connectivity index (χ2n) is 5.02. The first-order chi connectivity index (χ1) is 7.58. The van der Waals surface area contributed by atoms with Gasteiger partial charge in [-0.1, -0.05) is 19.3 Å². The van der Waals surface area contributed by atoms with Crippen molar-refractivity contribution in [2.45, 2.75) is 44.2 Å². The number of likely N-dealkylation sites (tertiary alicyclic amines) is 1. The Hall–Kier alpha value is -0.130. The minimum atomic E-state index is -3.01. The van der Waals surface area contributed by atoms with Crippen LogP contribution < -0.4 is 0 Å². The summed E-state index contributed by atoms with van der Waals surface area (Å²) in [5, 5.41) is 9.82. The van der Waals surface area contributed by atoms with Crippen molar-refractivity contribution in [3.8, 4) is 0 Å². The molecule has 2 aliphatic heterocycles. The molecule has 0 amide bonds. The van der Waals surface area contributed by atoms with Gasteiger partial charge in [-0.05, 0) is 25.9 Å². The van der Waals surface area contributed by atoms with Gasteiger partial charge in [-0.2, -0.15) is 0 Å². The largest absolute Gasteiger partial charge is 0.390 e. The van der Waals surface area contributed by atoms with Crippen LogP contribution >= 0.6 is 0 Å². The van der Waals surface area contributed by atoms with E-state index in [0.29, 0.717) is 0 Å². The van der Waals surface area contributed by atoms with Crippen molar-refractivity contribution >= 4 is 9.84 Å². The lowest BCUT2D eigenvalue weighted by Crippen LogP contribution is -2.44. The first-order valence-electron chi connectivity index (χ1n) is 6.21. The van der Waals surface area contributed by atoms with Gasteiger partial charge >= 0.3 is 0 Å². The van der Waals surface area contributed by atoms with E-state index in [1.807, 2.05) is 0 Å². The van der Waals surface area contributed by atoms with E-state index in [-0.39, 0.29) is 17.5 Å². The predicted octanol–water partition coefficient (Wildman–Crippen LogP) is 0.410. The first kappa shape index (κ1) is 12.3. The molecule has 1 N–H and O–H groups in total. The van der Waals surface area contributed by atoms with E-state index in [1.165, 1.54) is 19.3 Å². The summed E-state index contributed by atoms with van der Waals surface area (Å²) in [6.45, 7) is 1.88. The van der Waals surface area contributed by atoms with Crippen LogP contribution in [0, 0.1) is 0 Å². The summed E-state index contributed by atoms with van der Waals surface area (Å²) in [6.07, 6.45) is 5.33. The van der Waals surface area contributed by atoms with Crippen molar-refractivity contribution in [1.82, 2.24) is 4.90 Å². The standard InChI is InChI=1S/C11H21NO3S/c13-11-9-16(14,15)8-10(11)12-6-4-2-1-3-5-7-12/h10-11,13H,1-9H2. The minimum absolute atomic E-state index is 0.0475. The average molecular weight is 247 g/mol. The van der Waals surface area contributed by atoms with Gasteiger partial charge in [0.2, 0.25) is 0 Å². The Morgan fingerprint density at radius 2 is 1.50 bits per heavy atom. The van der Waals surface area contributed by atoms with Crippen LogP contribution in [0.15, 0.2) is 0 Å². The molecule has 2 atom stereocenters. The van der Waals surface area contributed by atoms with Gasteiger partial charge in [-0.3, -0.25) is 4.90 Å². The maximum Gasteiger partial charge on any atom is 0.154 e. The average Bonchev–Trinajstić information content (AvgIpc) is 2.39. The van der Waals surface area contributed by atoms with E-state index in [2.05, 4.69) is 4.90 Å². The molecule has 0 bridgehead atoms. The van der Waals surface area contributed by atoms with Crippen LogP contribution in [0.25, 0.3) is 0 Å². The number of aliphatic hydroxyl groups is 1. The molecule has 2 unspecified atom stereocenters. The highest BCUT2D eigenvalue weighted by Crippen LogP contribution is 2.21. The lowest BCUT2D eigenvalue weighted by atomic mass is 10.1. The molecule has 0 aliphatic carbocycles. The molecule has 2 aliphatic rings. The summed E-state index contributed by atoms with van der Waals surface area (Å²) in [5.74, 6) is 0.0995. The van der Waals surface area contributed by atoms with E-state index in [9.17, 15) is 13.5 Å². The van der Waals surface area contributed by atoms with Gasteiger partial charge in [0.15, 0.2) is 9.84 Å². The maximum absolute atomic E-state index is 11.5. The van der Waals surface area contributed by atoms with Gasteiger partial charge in [0.1, 0.15) is 0 Å². The molecular formula is C11H21NO3S. The Balaban J connectivity index is 1.99. The van der Waals surface area contributed by atoms with E-state index in [0.717, 1.165) is 25.9 Å². The van der Waals surface area contributed by atoms with Crippen molar-refractivity contribution < 1.29 is 13.5 Å². The molecule has 0 saturated carbocycles. The number of hydrogen-bond donors (Lipinski definition) is 1. The number of rotatable bonds is 1. The van der Waals surface area contributed by atoms with Crippen LogP contribution in [-0.2, 0) is 9.84 Å². The SMILES string of the molecule is O=S1(=O)CC(O)C(N2CCCCCCC2)C1. The summed E-state index contributed by atoms with van der Waals surface area (Å²) in [4.78, 5) is 2.19. The molecular weight excluding hydrogens is 226 g/mol. The van der Waals surface area contributed by atoms with Crippen molar-refractivity contribution in [3.05, 3.63) is 0 Å². The number of nitrogens with zero attached hydrogens (tertiary/aromatic N) is 1. The third-order valence-corrected chi connectivity index (χ3v) is 5.35. The molecule has 2 heterocycles. The monoisotopic (exact) mass is 247 g/mol. The second-order valence-corrected chi connectivity index (χ2v) is 7.17. The van der Waals surface area contributed by atoms with Crippen molar-refractivity contribution in [2.75, 3.05) is 24.6 Å². The molecule has 0 radical (unpaired) electrons. The fourth-order valence-electron chi connectivity index (χ4n) is 2.76. The molecule has 94 valence electrons. The molecule has 0 aromatic rings. The van der Waals surface area contributed by atoms with Crippen molar-refractivity contribution in [3.63, 3.8) is 0 Å². The third-order valence-electron chi connectivity index (χ3n) is 3.65. The van der Waals surface area contributed by atoms with E-state index >= 15 is 0 Å². The van der Waals surface area contributed by atoms with Gasteiger partial charge in [-0.15, -0.1) is 0 Å². The predicted molar refractivity (Wildman–Crippen MR) is 63.1 cm³/mol. The van der Waals surface area contributed by atoms with Gasteiger partial charge in [0, 0.05) is 0 Å². The minimum Gasteiger partial charge on any atom is -0.390 e. The number of sulfone groups is 1. The fraction of sp³-hybridized carbons (Fsp3) is 1.00. The van der Waals surface area contributed by atoms with Gasteiger partial charge in [-0.25, -0.2) is 8.42 Å². The second kappa shape index (κ2) is 5.02. The van der Waals surface area contributed by atoms with Gasteiger partial charge in [0.25, 0.3) is 0 Å². The lowest BCUT2D eigenvalue weighted by Gasteiger charge is -2.31. The molecule has 4 nitrogen and oxygen atoms in total. The molecule has 0 aromatic heterocycles. The maximum atomic E-state index is 11.5. The van der Waals surface area contributed by atoms with Crippen LogP contribution in [0.4, 0.5) is 0 Å².